The number of likely N-dealkylation sites (tertiary alicyclic amines) is 1. The molecule has 0 aliphatic carbocycles. The predicted octanol–water partition coefficient (Wildman–Crippen LogP) is 1.21. The van der Waals surface area contributed by atoms with Gasteiger partial charge in [0.05, 0.1) is 0 Å². The first-order chi connectivity index (χ1) is 3.79. The highest BCUT2D eigenvalue weighted by molar-refractivity contribution is 4.82. The summed E-state index contributed by atoms with van der Waals surface area (Å²) in [6.07, 6.45) is 1.47. The summed E-state index contributed by atoms with van der Waals surface area (Å²) in [6, 6.07) is 0. The third-order valence-corrected chi connectivity index (χ3v) is 1.53. The van der Waals surface area contributed by atoms with Crippen LogP contribution in [-0.2, 0) is 0 Å². The lowest BCUT2D eigenvalue weighted by molar-refractivity contribution is 0.242. The van der Waals surface area contributed by atoms with Crippen molar-refractivity contribution in [1.82, 2.24) is 4.90 Å². The van der Waals surface area contributed by atoms with E-state index in [0.29, 0.717) is 12.8 Å². The summed E-state index contributed by atoms with van der Waals surface area (Å²) in [5, 5.41) is 0. The van der Waals surface area contributed by atoms with Crippen LogP contribution in [0.2, 0.25) is 0 Å². The van der Waals surface area contributed by atoms with Crippen molar-refractivity contribution in [2.75, 3.05) is 20.1 Å². The maximum Gasteiger partial charge on any atom is 0.147 e. The van der Waals surface area contributed by atoms with E-state index in [-0.39, 0.29) is 6.17 Å². The molecule has 1 radical (unpaired) electrons. The Morgan fingerprint density at radius 2 is 1.88 bits per heavy atom. The zero-order chi connectivity index (χ0) is 5.98. The van der Waals surface area contributed by atoms with Gasteiger partial charge in [0.25, 0.3) is 0 Å². The molecule has 0 N–H and O–H groups in total. The largest absolute Gasteiger partial charge is 0.306 e. The van der Waals surface area contributed by atoms with E-state index in [9.17, 15) is 4.39 Å². The Labute approximate surface area is 49.5 Å². The van der Waals surface area contributed by atoms with Gasteiger partial charge in [0, 0.05) is 13.1 Å². The third kappa shape index (κ3) is 1.44. The zero-order valence-electron chi connectivity index (χ0n) is 5.15. The summed E-state index contributed by atoms with van der Waals surface area (Å²) in [6.45, 7) is 1.79. The average Bonchev–Trinajstić information content (AvgIpc) is 1.77. The molecule has 2 heteroatoms. The summed E-state index contributed by atoms with van der Waals surface area (Å²) >= 11 is 0. The van der Waals surface area contributed by atoms with E-state index in [1.54, 1.807) is 0 Å². The van der Waals surface area contributed by atoms with Crippen molar-refractivity contribution in [3.05, 3.63) is 6.17 Å². The van der Waals surface area contributed by atoms with Crippen molar-refractivity contribution in [3.8, 4) is 0 Å². The fourth-order valence-corrected chi connectivity index (χ4v) is 0.861. The Kier molecular flexibility index (Phi) is 1.84. The van der Waals surface area contributed by atoms with Crippen LogP contribution in [-0.4, -0.2) is 25.0 Å². The topological polar surface area (TPSA) is 3.24 Å². The van der Waals surface area contributed by atoms with Gasteiger partial charge in [0.1, 0.15) is 6.17 Å². The van der Waals surface area contributed by atoms with Gasteiger partial charge in [-0.1, -0.05) is 0 Å². The van der Waals surface area contributed by atoms with E-state index in [2.05, 4.69) is 4.90 Å². The zero-order valence-corrected chi connectivity index (χ0v) is 5.15. The molecule has 1 fully saturated rings. The van der Waals surface area contributed by atoms with Gasteiger partial charge in [0.2, 0.25) is 0 Å². The summed E-state index contributed by atoms with van der Waals surface area (Å²) in [5.41, 5.74) is 0. The lowest BCUT2D eigenvalue weighted by atomic mass is 10.1. The average molecular weight is 116 g/mol. The minimum atomic E-state index is 0.170. The van der Waals surface area contributed by atoms with Crippen molar-refractivity contribution in [1.29, 1.82) is 0 Å². The Hall–Kier alpha value is -0.110. The van der Waals surface area contributed by atoms with Gasteiger partial charge in [-0.15, -0.1) is 0 Å². The molecule has 0 saturated carbocycles. The smallest absolute Gasteiger partial charge is 0.147 e. The molecule has 0 amide bonds. The molecular weight excluding hydrogens is 105 g/mol. The van der Waals surface area contributed by atoms with Crippen LogP contribution < -0.4 is 0 Å². The monoisotopic (exact) mass is 116 g/mol. The molecular formula is C6H11FN. The molecule has 1 saturated heterocycles. The summed E-state index contributed by atoms with van der Waals surface area (Å²) in [7, 11) is 2.02. The second-order valence-electron chi connectivity index (χ2n) is 2.32. The molecule has 1 nitrogen and oxygen atoms in total. The minimum Gasteiger partial charge on any atom is -0.306 e. The summed E-state index contributed by atoms with van der Waals surface area (Å²) in [5.74, 6) is 0. The number of hydrogen-bond acceptors (Lipinski definition) is 1. The molecule has 8 heavy (non-hydrogen) atoms. The van der Waals surface area contributed by atoms with Crippen LogP contribution in [0.1, 0.15) is 12.8 Å². The van der Waals surface area contributed by atoms with E-state index in [1.807, 2.05) is 7.05 Å². The molecule has 0 spiro atoms. The SMILES string of the molecule is CN1CC[C](F)CC1. The fraction of sp³-hybridized carbons (Fsp3) is 0.833. The quantitative estimate of drug-likeness (QED) is 0.460. The van der Waals surface area contributed by atoms with E-state index in [1.165, 1.54) is 0 Å². The Morgan fingerprint density at radius 1 is 1.38 bits per heavy atom. The van der Waals surface area contributed by atoms with Crippen LogP contribution in [0, 0.1) is 6.17 Å². The maximum atomic E-state index is 12.2. The third-order valence-electron chi connectivity index (χ3n) is 1.53. The molecule has 0 unspecified atom stereocenters. The van der Waals surface area contributed by atoms with Gasteiger partial charge in [0.15, 0.2) is 0 Å². The van der Waals surface area contributed by atoms with E-state index in [0.717, 1.165) is 13.1 Å². The molecule has 0 aromatic heterocycles. The normalized spacial score (nSPS) is 26.2. The number of rotatable bonds is 0. The van der Waals surface area contributed by atoms with Gasteiger partial charge in [-0.05, 0) is 19.9 Å². The second kappa shape index (κ2) is 2.44. The molecule has 1 aliphatic heterocycles. The van der Waals surface area contributed by atoms with Crippen LogP contribution in [0.4, 0.5) is 4.39 Å². The number of nitrogens with zero attached hydrogens (tertiary/aromatic N) is 1. The van der Waals surface area contributed by atoms with Crippen LogP contribution >= 0.6 is 0 Å². The van der Waals surface area contributed by atoms with E-state index >= 15 is 0 Å². The van der Waals surface area contributed by atoms with Crippen molar-refractivity contribution >= 4 is 0 Å². The highest BCUT2D eigenvalue weighted by Crippen LogP contribution is 2.18. The molecule has 47 valence electrons. The number of halogens is 1. The fourth-order valence-electron chi connectivity index (χ4n) is 0.861. The van der Waals surface area contributed by atoms with Crippen molar-refractivity contribution in [2.24, 2.45) is 0 Å². The van der Waals surface area contributed by atoms with Gasteiger partial charge >= 0.3 is 0 Å². The van der Waals surface area contributed by atoms with Gasteiger partial charge in [-0.2, -0.15) is 0 Å². The predicted molar refractivity (Wildman–Crippen MR) is 31.1 cm³/mol. The molecule has 1 rings (SSSR count). The maximum absolute atomic E-state index is 12.2. The highest BCUT2D eigenvalue weighted by Gasteiger charge is 2.15. The van der Waals surface area contributed by atoms with Gasteiger partial charge in [-0.3, -0.25) is 0 Å². The van der Waals surface area contributed by atoms with Crippen LogP contribution in [0.5, 0.6) is 0 Å². The second-order valence-corrected chi connectivity index (χ2v) is 2.32. The van der Waals surface area contributed by atoms with Gasteiger partial charge in [-0.25, -0.2) is 4.39 Å². The lowest BCUT2D eigenvalue weighted by Gasteiger charge is -2.23. The molecule has 0 bridgehead atoms. The van der Waals surface area contributed by atoms with Crippen LogP contribution in [0.3, 0.4) is 0 Å². The highest BCUT2D eigenvalue weighted by atomic mass is 19.1. The molecule has 0 atom stereocenters. The number of hydrogen-bond donors (Lipinski definition) is 0. The summed E-state index contributed by atoms with van der Waals surface area (Å²) in [4.78, 5) is 2.14. The first kappa shape index (κ1) is 6.02. The minimum absolute atomic E-state index is 0.170. The summed E-state index contributed by atoms with van der Waals surface area (Å²) < 4.78 is 12.2. The standard InChI is InChI=1S/C6H11FN/c1-8-4-2-6(7)3-5-8/h2-5H2,1H3. The Morgan fingerprint density at radius 3 is 2.25 bits per heavy atom. The first-order valence-electron chi connectivity index (χ1n) is 2.98. The number of piperidine rings is 1. The molecule has 0 aromatic rings. The van der Waals surface area contributed by atoms with Crippen molar-refractivity contribution in [3.63, 3.8) is 0 Å². The molecule has 1 aliphatic rings. The van der Waals surface area contributed by atoms with E-state index in [4.69, 9.17) is 0 Å². The van der Waals surface area contributed by atoms with Crippen molar-refractivity contribution < 1.29 is 4.39 Å². The molecule has 0 aromatic carbocycles. The Bertz CT molecular complexity index is 56.9. The van der Waals surface area contributed by atoms with Crippen molar-refractivity contribution in [2.45, 2.75) is 12.8 Å². The van der Waals surface area contributed by atoms with Crippen LogP contribution in [0.25, 0.3) is 0 Å². The molecule has 1 heterocycles. The van der Waals surface area contributed by atoms with E-state index < -0.39 is 0 Å². The van der Waals surface area contributed by atoms with Crippen LogP contribution in [0.15, 0.2) is 0 Å². The van der Waals surface area contributed by atoms with Gasteiger partial charge < -0.3 is 4.90 Å². The first-order valence-corrected chi connectivity index (χ1v) is 2.98. The lowest BCUT2D eigenvalue weighted by Crippen LogP contribution is -2.27. The Balaban J connectivity index is 2.19.